The number of methoxy groups -OCH3 is 1. The zero-order chi connectivity index (χ0) is 16.6. The number of hydrogen-bond donors (Lipinski definition) is 1. The summed E-state index contributed by atoms with van der Waals surface area (Å²) in [5.74, 6) is -0.649. The Kier molecular flexibility index (Phi) is 3.35. The summed E-state index contributed by atoms with van der Waals surface area (Å²) in [6, 6.07) is 9.82. The Hall–Kier alpha value is -3.53. The molecule has 0 saturated carbocycles. The first-order chi connectivity index (χ1) is 11.0. The Balaban J connectivity index is 2.26. The van der Waals surface area contributed by atoms with Crippen LogP contribution in [0.4, 0.5) is 5.69 Å². The molecule has 0 aliphatic carbocycles. The van der Waals surface area contributed by atoms with Gasteiger partial charge in [-0.3, -0.25) is 0 Å². The molecule has 1 aromatic carbocycles. The van der Waals surface area contributed by atoms with Gasteiger partial charge in [0.1, 0.15) is 11.7 Å². The van der Waals surface area contributed by atoms with E-state index in [0.29, 0.717) is 16.7 Å². The van der Waals surface area contributed by atoms with Gasteiger partial charge in [-0.15, -0.1) is 0 Å². The van der Waals surface area contributed by atoms with Crippen molar-refractivity contribution in [2.24, 2.45) is 0 Å². The number of anilines is 1. The number of carbonyl (C=O) groups excluding carboxylic acids is 1. The molecule has 114 valence electrons. The quantitative estimate of drug-likeness (QED) is 0.571. The molecule has 23 heavy (non-hydrogen) atoms. The predicted octanol–water partition coefficient (Wildman–Crippen LogP) is 1.82. The van der Waals surface area contributed by atoms with Crippen LogP contribution in [0.15, 0.2) is 45.7 Å². The summed E-state index contributed by atoms with van der Waals surface area (Å²) in [4.78, 5) is 23.2. The van der Waals surface area contributed by atoms with Crippen LogP contribution in [0, 0.1) is 11.3 Å². The fourth-order valence-electron chi connectivity index (χ4n) is 2.33. The number of hydrogen-bond acceptors (Lipinski definition) is 6. The second-order valence-corrected chi connectivity index (χ2v) is 4.76. The number of nitrogens with two attached hydrogens (primary N) is 1. The lowest BCUT2D eigenvalue weighted by atomic mass is 10.2. The van der Waals surface area contributed by atoms with E-state index in [1.54, 1.807) is 24.3 Å². The van der Waals surface area contributed by atoms with E-state index in [0.717, 1.165) is 0 Å². The topological polar surface area (TPSA) is 111 Å². The summed E-state index contributed by atoms with van der Waals surface area (Å²) in [5, 5.41) is 9.78. The first-order valence-corrected chi connectivity index (χ1v) is 6.58. The van der Waals surface area contributed by atoms with Crippen LogP contribution in [-0.4, -0.2) is 17.6 Å². The molecule has 0 atom stereocenters. The number of nitrogens with zero attached hydrogens (tertiary/aromatic N) is 2. The molecule has 3 aromatic rings. The van der Waals surface area contributed by atoms with E-state index in [1.807, 2.05) is 6.07 Å². The van der Waals surface area contributed by atoms with Crippen molar-refractivity contribution in [1.29, 1.82) is 5.26 Å². The van der Waals surface area contributed by atoms with Crippen LogP contribution in [0.2, 0.25) is 0 Å². The minimum atomic E-state index is -0.649. The highest BCUT2D eigenvalue weighted by atomic mass is 16.5. The van der Waals surface area contributed by atoms with Gasteiger partial charge in [0.2, 0.25) is 0 Å². The Morgan fingerprint density at radius 1 is 1.35 bits per heavy atom. The second kappa shape index (κ2) is 5.35. The monoisotopic (exact) mass is 309 g/mol. The molecule has 2 heterocycles. The Bertz CT molecular complexity index is 1020. The maximum atomic E-state index is 12.0. The third-order valence-corrected chi connectivity index (χ3v) is 3.42. The fourth-order valence-corrected chi connectivity index (χ4v) is 2.33. The molecule has 3 rings (SSSR count). The molecule has 0 radical (unpaired) electrons. The molecule has 0 spiro atoms. The number of aromatic nitrogens is 1. The zero-order valence-corrected chi connectivity index (χ0v) is 12.1. The number of rotatable bonds is 2. The number of fused-ring (bicyclic) bond motifs is 1. The maximum Gasteiger partial charge on any atom is 0.357 e. The van der Waals surface area contributed by atoms with Gasteiger partial charge < -0.3 is 19.5 Å². The largest absolute Gasteiger partial charge is 0.464 e. The maximum absolute atomic E-state index is 12.0. The zero-order valence-electron chi connectivity index (χ0n) is 12.1. The summed E-state index contributed by atoms with van der Waals surface area (Å²) >= 11 is 0. The van der Waals surface area contributed by atoms with Gasteiger partial charge in [-0.25, -0.2) is 9.59 Å². The van der Waals surface area contributed by atoms with Crippen LogP contribution in [0.25, 0.3) is 16.7 Å². The first kappa shape index (κ1) is 14.4. The summed E-state index contributed by atoms with van der Waals surface area (Å²) in [5.41, 5.74) is 6.71. The van der Waals surface area contributed by atoms with Crippen LogP contribution in [0.5, 0.6) is 0 Å². The van der Waals surface area contributed by atoms with Crippen LogP contribution < -0.4 is 11.4 Å². The molecular weight excluding hydrogens is 298 g/mol. The van der Waals surface area contributed by atoms with Gasteiger partial charge in [0.25, 0.3) is 0 Å². The summed E-state index contributed by atoms with van der Waals surface area (Å²) in [6.45, 7) is 0. The highest BCUT2D eigenvalue weighted by Gasteiger charge is 2.21. The lowest BCUT2D eigenvalue weighted by Gasteiger charge is -2.09. The number of carbonyl (C=O) groups is 1. The standard InChI is InChI=1S/C16H11N3O4/c1-22-16(21)15-14(18)10(7-17)8-19(15)11-3-4-12-9(6-11)2-5-13(20)23-12/h2-6,8H,18H2,1H3. The lowest BCUT2D eigenvalue weighted by molar-refractivity contribution is 0.0593. The van der Waals surface area contributed by atoms with E-state index in [4.69, 9.17) is 20.1 Å². The Labute approximate surface area is 130 Å². The van der Waals surface area contributed by atoms with Gasteiger partial charge in [0, 0.05) is 23.3 Å². The first-order valence-electron chi connectivity index (χ1n) is 6.58. The Morgan fingerprint density at radius 2 is 2.13 bits per heavy atom. The highest BCUT2D eigenvalue weighted by molar-refractivity contribution is 5.96. The average molecular weight is 309 g/mol. The smallest absolute Gasteiger partial charge is 0.357 e. The summed E-state index contributed by atoms with van der Waals surface area (Å²) < 4.78 is 11.3. The van der Waals surface area contributed by atoms with E-state index in [9.17, 15) is 9.59 Å². The minimum Gasteiger partial charge on any atom is -0.464 e. The number of benzene rings is 1. The van der Waals surface area contributed by atoms with Crippen molar-refractivity contribution in [3.05, 3.63) is 58.2 Å². The van der Waals surface area contributed by atoms with Crippen molar-refractivity contribution >= 4 is 22.6 Å². The number of nitriles is 1. The van der Waals surface area contributed by atoms with Crippen LogP contribution in [0.3, 0.4) is 0 Å². The van der Waals surface area contributed by atoms with Crippen molar-refractivity contribution in [2.75, 3.05) is 12.8 Å². The van der Waals surface area contributed by atoms with Gasteiger partial charge in [0.05, 0.1) is 18.4 Å². The number of nitrogen functional groups attached to an aromatic ring is 1. The molecule has 0 aliphatic heterocycles. The molecule has 0 bridgehead atoms. The van der Waals surface area contributed by atoms with Crippen LogP contribution in [0.1, 0.15) is 16.1 Å². The molecule has 0 unspecified atom stereocenters. The molecule has 2 N–H and O–H groups in total. The van der Waals surface area contributed by atoms with Gasteiger partial charge in [0.15, 0.2) is 5.69 Å². The van der Waals surface area contributed by atoms with Gasteiger partial charge in [-0.1, -0.05) is 0 Å². The fraction of sp³-hybridized carbons (Fsp3) is 0.0625. The van der Waals surface area contributed by atoms with E-state index in [-0.39, 0.29) is 16.9 Å². The van der Waals surface area contributed by atoms with Crippen LogP contribution >= 0.6 is 0 Å². The highest BCUT2D eigenvalue weighted by Crippen LogP contribution is 2.26. The molecule has 7 heteroatoms. The summed E-state index contributed by atoms with van der Waals surface area (Å²) in [6.07, 6.45) is 1.46. The SMILES string of the molecule is COC(=O)c1c(N)c(C#N)cn1-c1ccc2oc(=O)ccc2c1. The van der Waals surface area contributed by atoms with Crippen molar-refractivity contribution < 1.29 is 13.9 Å². The van der Waals surface area contributed by atoms with Gasteiger partial charge in [-0.05, 0) is 24.3 Å². The number of ether oxygens (including phenoxy) is 1. The molecule has 0 fully saturated rings. The molecule has 0 aliphatic rings. The predicted molar refractivity (Wildman–Crippen MR) is 82.3 cm³/mol. The van der Waals surface area contributed by atoms with E-state index in [2.05, 4.69) is 0 Å². The molecule has 2 aromatic heterocycles. The third-order valence-electron chi connectivity index (χ3n) is 3.42. The molecule has 0 saturated heterocycles. The van der Waals surface area contributed by atoms with E-state index in [1.165, 1.54) is 23.9 Å². The second-order valence-electron chi connectivity index (χ2n) is 4.76. The molecule has 0 amide bonds. The van der Waals surface area contributed by atoms with E-state index >= 15 is 0 Å². The average Bonchev–Trinajstić information content (AvgIpc) is 2.90. The normalized spacial score (nSPS) is 10.4. The van der Waals surface area contributed by atoms with Gasteiger partial charge in [-0.2, -0.15) is 5.26 Å². The van der Waals surface area contributed by atoms with Gasteiger partial charge >= 0.3 is 11.6 Å². The third kappa shape index (κ3) is 2.32. The van der Waals surface area contributed by atoms with Crippen LogP contribution in [-0.2, 0) is 4.74 Å². The number of esters is 1. The molecule has 7 nitrogen and oxygen atoms in total. The molecular formula is C16H11N3O4. The van der Waals surface area contributed by atoms with Crippen molar-refractivity contribution in [1.82, 2.24) is 4.57 Å². The van der Waals surface area contributed by atoms with Crippen molar-refractivity contribution in [3.8, 4) is 11.8 Å². The minimum absolute atomic E-state index is 0.0547. The summed E-state index contributed by atoms with van der Waals surface area (Å²) in [7, 11) is 1.24. The Morgan fingerprint density at radius 3 is 2.83 bits per heavy atom. The van der Waals surface area contributed by atoms with Crippen molar-refractivity contribution in [3.63, 3.8) is 0 Å². The van der Waals surface area contributed by atoms with E-state index < -0.39 is 11.6 Å². The lowest BCUT2D eigenvalue weighted by Crippen LogP contribution is -2.11. The van der Waals surface area contributed by atoms with Crippen molar-refractivity contribution in [2.45, 2.75) is 0 Å².